The third-order valence-corrected chi connectivity index (χ3v) is 6.13. The van der Waals surface area contributed by atoms with E-state index in [9.17, 15) is 27.9 Å². The molecule has 0 bridgehead atoms. The minimum absolute atomic E-state index is 0.274. The number of amides is 3. The van der Waals surface area contributed by atoms with Crippen LogP contribution in [-0.4, -0.2) is 46.8 Å². The van der Waals surface area contributed by atoms with Gasteiger partial charge in [0, 0.05) is 5.02 Å². The zero-order chi connectivity index (χ0) is 21.2. The lowest BCUT2D eigenvalue weighted by molar-refractivity contribution is -0.170. The van der Waals surface area contributed by atoms with Crippen molar-refractivity contribution in [1.29, 1.82) is 0 Å². The normalized spacial score (nSPS) is 24.2. The molecule has 0 radical (unpaired) electrons. The maximum Gasteiger partial charge on any atom is 0.408 e. The van der Waals surface area contributed by atoms with Gasteiger partial charge in [0.15, 0.2) is 0 Å². The van der Waals surface area contributed by atoms with Crippen LogP contribution in [0.2, 0.25) is 5.02 Å². The van der Waals surface area contributed by atoms with Gasteiger partial charge < -0.3 is 10.4 Å². The second-order valence-corrected chi connectivity index (χ2v) is 8.20. The number of hydrogen-bond acceptors (Lipinski definition) is 3. The highest BCUT2D eigenvalue weighted by Crippen LogP contribution is 2.36. The highest BCUT2D eigenvalue weighted by atomic mass is 35.5. The molecule has 160 valence electrons. The fourth-order valence-corrected chi connectivity index (χ4v) is 4.42. The van der Waals surface area contributed by atoms with Gasteiger partial charge in [0.1, 0.15) is 6.04 Å². The molecule has 0 aromatic heterocycles. The van der Waals surface area contributed by atoms with Crippen molar-refractivity contribution in [1.82, 2.24) is 10.2 Å². The highest BCUT2D eigenvalue weighted by Gasteiger charge is 2.53. The lowest BCUT2D eigenvalue weighted by atomic mass is 9.82. The Morgan fingerprint density at radius 3 is 2.38 bits per heavy atom. The van der Waals surface area contributed by atoms with E-state index in [0.29, 0.717) is 30.7 Å². The van der Waals surface area contributed by atoms with Crippen LogP contribution < -0.4 is 5.32 Å². The molecule has 0 unspecified atom stereocenters. The van der Waals surface area contributed by atoms with Crippen molar-refractivity contribution in [3.05, 3.63) is 34.9 Å². The Kier molecular flexibility index (Phi) is 6.73. The van der Waals surface area contributed by atoms with Crippen LogP contribution in [0.1, 0.15) is 37.7 Å². The first kappa shape index (κ1) is 21.9. The fourth-order valence-electron chi connectivity index (χ4n) is 4.30. The summed E-state index contributed by atoms with van der Waals surface area (Å²) in [6.45, 7) is -0.502. The second-order valence-electron chi connectivity index (χ2n) is 7.76. The van der Waals surface area contributed by atoms with Crippen LogP contribution in [0.15, 0.2) is 24.3 Å². The van der Waals surface area contributed by atoms with E-state index in [1.165, 1.54) is 0 Å². The number of alkyl halides is 3. The average Bonchev–Trinajstić information content (AvgIpc) is 2.69. The smallest absolute Gasteiger partial charge is 0.394 e. The van der Waals surface area contributed by atoms with Crippen LogP contribution in [0.25, 0.3) is 0 Å². The quantitative estimate of drug-likeness (QED) is 0.693. The van der Waals surface area contributed by atoms with Gasteiger partial charge in [-0.1, -0.05) is 43.0 Å². The van der Waals surface area contributed by atoms with E-state index in [4.69, 9.17) is 11.6 Å². The average molecular weight is 433 g/mol. The number of aliphatic hydroxyl groups is 1. The summed E-state index contributed by atoms with van der Waals surface area (Å²) >= 11 is 5.83. The third-order valence-electron chi connectivity index (χ3n) is 5.88. The molecule has 5 nitrogen and oxygen atoms in total. The lowest BCUT2D eigenvalue weighted by Gasteiger charge is -2.45. The van der Waals surface area contributed by atoms with Gasteiger partial charge in [0.05, 0.1) is 18.6 Å². The van der Waals surface area contributed by atoms with Gasteiger partial charge in [-0.15, -0.1) is 0 Å². The van der Waals surface area contributed by atoms with Crippen LogP contribution in [0.3, 0.4) is 0 Å². The maximum atomic E-state index is 13.5. The number of likely N-dealkylation sites (tertiary alicyclic amines) is 1. The van der Waals surface area contributed by atoms with Gasteiger partial charge in [-0.05, 0) is 42.9 Å². The topological polar surface area (TPSA) is 69.6 Å². The van der Waals surface area contributed by atoms with Crippen molar-refractivity contribution in [2.45, 2.75) is 56.8 Å². The molecule has 29 heavy (non-hydrogen) atoms. The predicted octanol–water partition coefficient (Wildman–Crippen LogP) is 3.92. The van der Waals surface area contributed by atoms with Crippen molar-refractivity contribution in [2.24, 2.45) is 11.8 Å². The predicted molar refractivity (Wildman–Crippen MR) is 101 cm³/mol. The number of carbonyl (C=O) groups excluding carboxylic acids is 2. The first-order valence-electron chi connectivity index (χ1n) is 9.78. The number of aliphatic hydroxyl groups excluding tert-OH is 1. The Balaban J connectivity index is 1.67. The molecular formula is C20H24ClF3N2O3. The third kappa shape index (κ3) is 4.86. The molecule has 3 atom stereocenters. The maximum absolute atomic E-state index is 13.5. The first-order valence-corrected chi connectivity index (χ1v) is 10.2. The molecule has 1 saturated carbocycles. The molecule has 1 aliphatic carbocycles. The van der Waals surface area contributed by atoms with E-state index in [0.717, 1.165) is 16.9 Å². The first-order chi connectivity index (χ1) is 13.7. The molecule has 3 amide bonds. The monoisotopic (exact) mass is 432 g/mol. The number of hydrogen-bond donors (Lipinski definition) is 2. The van der Waals surface area contributed by atoms with Crippen molar-refractivity contribution in [3.63, 3.8) is 0 Å². The number of nitrogens with zero attached hydrogens (tertiary/aromatic N) is 1. The van der Waals surface area contributed by atoms with E-state index >= 15 is 0 Å². The number of carbonyl (C=O) groups is 2. The Morgan fingerprint density at radius 1 is 1.21 bits per heavy atom. The van der Waals surface area contributed by atoms with E-state index in [-0.39, 0.29) is 6.42 Å². The molecule has 1 aromatic carbocycles. The number of rotatable bonds is 5. The summed E-state index contributed by atoms with van der Waals surface area (Å²) in [7, 11) is 0. The number of benzene rings is 1. The van der Waals surface area contributed by atoms with Gasteiger partial charge in [-0.3, -0.25) is 9.69 Å². The second kappa shape index (κ2) is 8.92. The molecule has 2 aliphatic rings. The number of imide groups is 1. The lowest BCUT2D eigenvalue weighted by Crippen LogP contribution is -2.69. The Bertz CT molecular complexity index is 735. The SMILES string of the molecule is O=C(N[C@@H](C1CCCCC1)C(F)(F)F)N1C(=O)[C@H](Cc2ccc(Cl)cc2)[C@H]1CO. The Hall–Kier alpha value is -1.80. The molecule has 1 saturated heterocycles. The molecule has 9 heteroatoms. The van der Waals surface area contributed by atoms with Crippen molar-refractivity contribution in [3.8, 4) is 0 Å². The largest absolute Gasteiger partial charge is 0.408 e. The molecule has 1 aliphatic heterocycles. The van der Waals surface area contributed by atoms with Crippen molar-refractivity contribution in [2.75, 3.05) is 6.61 Å². The van der Waals surface area contributed by atoms with Gasteiger partial charge in [-0.2, -0.15) is 13.2 Å². The highest BCUT2D eigenvalue weighted by molar-refractivity contribution is 6.30. The van der Waals surface area contributed by atoms with E-state index in [1.54, 1.807) is 24.3 Å². The molecule has 0 spiro atoms. The van der Waals surface area contributed by atoms with Crippen LogP contribution in [0, 0.1) is 11.8 Å². The Labute approximate surface area is 172 Å². The summed E-state index contributed by atoms with van der Waals surface area (Å²) in [5, 5.41) is 12.2. The van der Waals surface area contributed by atoms with Crippen LogP contribution in [0.4, 0.5) is 18.0 Å². The zero-order valence-electron chi connectivity index (χ0n) is 15.8. The molecule has 2 N–H and O–H groups in total. The fraction of sp³-hybridized carbons (Fsp3) is 0.600. The van der Waals surface area contributed by atoms with Gasteiger partial charge in [0.25, 0.3) is 0 Å². The summed E-state index contributed by atoms with van der Waals surface area (Å²) in [6.07, 6.45) is -1.27. The van der Waals surface area contributed by atoms with Crippen LogP contribution in [-0.2, 0) is 11.2 Å². The van der Waals surface area contributed by atoms with Crippen LogP contribution >= 0.6 is 11.6 Å². The number of β-lactam (4-membered cyclic amide) rings is 1. The molecular weight excluding hydrogens is 409 g/mol. The number of nitrogens with one attached hydrogen (secondary N) is 1. The minimum atomic E-state index is -4.59. The van der Waals surface area contributed by atoms with Gasteiger partial charge in [-0.25, -0.2) is 4.79 Å². The summed E-state index contributed by atoms with van der Waals surface area (Å²) in [6, 6.07) is 2.86. The van der Waals surface area contributed by atoms with Crippen molar-refractivity contribution >= 4 is 23.5 Å². The summed E-state index contributed by atoms with van der Waals surface area (Å²) in [4.78, 5) is 25.7. The summed E-state index contributed by atoms with van der Waals surface area (Å²) in [5.41, 5.74) is 0.793. The minimum Gasteiger partial charge on any atom is -0.394 e. The molecule has 1 heterocycles. The van der Waals surface area contributed by atoms with E-state index in [1.807, 2.05) is 5.32 Å². The summed E-state index contributed by atoms with van der Waals surface area (Å²) < 4.78 is 40.6. The number of halogens is 4. The van der Waals surface area contributed by atoms with Crippen LogP contribution in [0.5, 0.6) is 0 Å². The molecule has 2 fully saturated rings. The molecule has 1 aromatic rings. The standard InChI is InChI=1S/C20H24ClF3N2O3/c21-14-8-6-12(7-9-14)10-15-16(11-27)26(18(15)28)19(29)25-17(20(22,23)24)13-4-2-1-3-5-13/h6-9,13,15-17,27H,1-5,10-11H2,(H,25,29)/t15-,16-,17+/m1/s1. The van der Waals surface area contributed by atoms with Gasteiger partial charge in [0.2, 0.25) is 5.91 Å². The van der Waals surface area contributed by atoms with Crippen molar-refractivity contribution < 1.29 is 27.9 Å². The van der Waals surface area contributed by atoms with E-state index in [2.05, 4.69) is 0 Å². The van der Waals surface area contributed by atoms with Gasteiger partial charge >= 0.3 is 12.2 Å². The molecule has 3 rings (SSSR count). The number of urea groups is 1. The summed E-state index contributed by atoms with van der Waals surface area (Å²) in [5.74, 6) is -1.94. The van der Waals surface area contributed by atoms with E-state index < -0.39 is 48.6 Å². The Morgan fingerprint density at radius 2 is 1.83 bits per heavy atom. The zero-order valence-corrected chi connectivity index (χ0v) is 16.5.